The molecule has 0 heterocycles. The molecule has 0 fully saturated rings. The van der Waals surface area contributed by atoms with Gasteiger partial charge in [-0.1, -0.05) is 36.4 Å². The van der Waals surface area contributed by atoms with E-state index in [1.807, 2.05) is 42.5 Å². The van der Waals surface area contributed by atoms with Gasteiger partial charge in [0.2, 0.25) is 0 Å². The molecule has 18 heavy (non-hydrogen) atoms. The molecule has 0 unspecified atom stereocenters. The number of aliphatic hydroxyl groups excluding tert-OH is 1. The number of hydrogen-bond donors (Lipinski definition) is 3. The Morgan fingerprint density at radius 3 is 2.44 bits per heavy atom. The van der Waals surface area contributed by atoms with E-state index in [2.05, 4.69) is 5.32 Å². The first-order chi connectivity index (χ1) is 8.69. The first-order valence-corrected chi connectivity index (χ1v) is 5.56. The lowest BCUT2D eigenvalue weighted by molar-refractivity contribution is 0.259. The molecule has 4 N–H and O–H groups in total. The number of benzene rings is 2. The molecular formula is C14H14N2O2. The number of anilines is 1. The van der Waals surface area contributed by atoms with Gasteiger partial charge in [0.15, 0.2) is 0 Å². The lowest BCUT2D eigenvalue weighted by Gasteiger charge is -2.06. The predicted octanol–water partition coefficient (Wildman–Crippen LogP) is 2.34. The van der Waals surface area contributed by atoms with Gasteiger partial charge in [-0.05, 0) is 28.8 Å². The van der Waals surface area contributed by atoms with Crippen LogP contribution in [0.1, 0.15) is 5.56 Å². The summed E-state index contributed by atoms with van der Waals surface area (Å²) >= 11 is 0. The Kier molecular flexibility index (Phi) is 3.60. The van der Waals surface area contributed by atoms with Crippen molar-refractivity contribution in [3.63, 3.8) is 0 Å². The fraction of sp³-hybridized carbons (Fsp3) is 0.0714. The van der Waals surface area contributed by atoms with Crippen molar-refractivity contribution >= 4 is 11.7 Å². The molecule has 92 valence electrons. The van der Waals surface area contributed by atoms with Crippen molar-refractivity contribution in [2.45, 2.75) is 6.61 Å². The van der Waals surface area contributed by atoms with E-state index in [1.54, 1.807) is 6.07 Å². The van der Waals surface area contributed by atoms with Crippen LogP contribution < -0.4 is 11.1 Å². The number of carbonyl (C=O) groups excluding carboxylic acids is 1. The predicted molar refractivity (Wildman–Crippen MR) is 71.0 cm³/mol. The summed E-state index contributed by atoms with van der Waals surface area (Å²) in [4.78, 5) is 10.8. The maximum atomic E-state index is 10.8. The molecule has 2 amide bonds. The van der Waals surface area contributed by atoms with E-state index in [0.29, 0.717) is 5.69 Å². The minimum Gasteiger partial charge on any atom is -0.392 e. The minimum atomic E-state index is -0.581. The number of aliphatic hydroxyl groups is 1. The molecule has 0 aliphatic rings. The van der Waals surface area contributed by atoms with Crippen molar-refractivity contribution in [1.29, 1.82) is 0 Å². The number of hydrogen-bond acceptors (Lipinski definition) is 2. The van der Waals surface area contributed by atoms with Gasteiger partial charge in [0.25, 0.3) is 0 Å². The highest BCUT2D eigenvalue weighted by Crippen LogP contribution is 2.23. The van der Waals surface area contributed by atoms with Gasteiger partial charge in [0, 0.05) is 5.69 Å². The van der Waals surface area contributed by atoms with Crippen molar-refractivity contribution < 1.29 is 9.90 Å². The van der Waals surface area contributed by atoms with Crippen molar-refractivity contribution in [3.8, 4) is 11.1 Å². The molecule has 2 rings (SSSR count). The van der Waals surface area contributed by atoms with E-state index in [1.165, 1.54) is 0 Å². The highest BCUT2D eigenvalue weighted by Gasteiger charge is 2.01. The Balaban J connectivity index is 2.29. The van der Waals surface area contributed by atoms with Crippen LogP contribution in [0.15, 0.2) is 48.5 Å². The molecule has 2 aromatic carbocycles. The molecule has 0 saturated heterocycles. The quantitative estimate of drug-likeness (QED) is 0.772. The summed E-state index contributed by atoms with van der Waals surface area (Å²) in [6, 6.07) is 14.4. The number of carbonyl (C=O) groups is 1. The smallest absolute Gasteiger partial charge is 0.316 e. The van der Waals surface area contributed by atoms with E-state index in [0.717, 1.165) is 16.7 Å². The Morgan fingerprint density at radius 1 is 1.11 bits per heavy atom. The Bertz CT molecular complexity index is 550. The van der Waals surface area contributed by atoms with E-state index < -0.39 is 6.03 Å². The maximum Gasteiger partial charge on any atom is 0.316 e. The zero-order valence-corrected chi connectivity index (χ0v) is 9.76. The Labute approximate surface area is 105 Å². The number of primary amides is 1. The van der Waals surface area contributed by atoms with E-state index in [-0.39, 0.29) is 6.61 Å². The van der Waals surface area contributed by atoms with Crippen LogP contribution >= 0.6 is 0 Å². The van der Waals surface area contributed by atoms with Gasteiger partial charge in [-0.25, -0.2) is 4.79 Å². The zero-order chi connectivity index (χ0) is 13.0. The lowest BCUT2D eigenvalue weighted by Crippen LogP contribution is -2.19. The SMILES string of the molecule is NC(=O)Nc1cccc(-c2ccc(CO)cc2)c1. The number of nitrogens with two attached hydrogens (primary N) is 1. The van der Waals surface area contributed by atoms with Gasteiger partial charge >= 0.3 is 6.03 Å². The zero-order valence-electron chi connectivity index (χ0n) is 9.76. The van der Waals surface area contributed by atoms with Crippen molar-refractivity contribution in [1.82, 2.24) is 0 Å². The highest BCUT2D eigenvalue weighted by atomic mass is 16.3. The average Bonchev–Trinajstić information content (AvgIpc) is 2.38. The maximum absolute atomic E-state index is 10.8. The number of amides is 2. The third-order valence-corrected chi connectivity index (χ3v) is 2.60. The van der Waals surface area contributed by atoms with E-state index in [9.17, 15) is 4.79 Å². The van der Waals surface area contributed by atoms with Crippen LogP contribution in [0.3, 0.4) is 0 Å². The minimum absolute atomic E-state index is 0.0313. The van der Waals surface area contributed by atoms with Crippen LogP contribution in [-0.2, 0) is 6.61 Å². The van der Waals surface area contributed by atoms with Crippen LogP contribution in [0.25, 0.3) is 11.1 Å². The summed E-state index contributed by atoms with van der Waals surface area (Å²) in [7, 11) is 0. The van der Waals surface area contributed by atoms with Gasteiger partial charge in [-0.15, -0.1) is 0 Å². The van der Waals surface area contributed by atoms with Crippen LogP contribution in [0.2, 0.25) is 0 Å². The van der Waals surface area contributed by atoms with Gasteiger partial charge in [-0.3, -0.25) is 0 Å². The Hall–Kier alpha value is -2.33. The number of rotatable bonds is 3. The molecule has 0 atom stereocenters. The van der Waals surface area contributed by atoms with Gasteiger partial charge in [0.1, 0.15) is 0 Å². The second-order valence-corrected chi connectivity index (χ2v) is 3.93. The molecule has 0 aliphatic carbocycles. The number of nitrogens with one attached hydrogen (secondary N) is 1. The first-order valence-electron chi connectivity index (χ1n) is 5.56. The molecule has 0 bridgehead atoms. The summed E-state index contributed by atoms with van der Waals surface area (Å²) in [5.74, 6) is 0. The van der Waals surface area contributed by atoms with Crippen LogP contribution in [0.4, 0.5) is 10.5 Å². The van der Waals surface area contributed by atoms with Gasteiger partial charge < -0.3 is 16.2 Å². The molecule has 2 aromatic rings. The fourth-order valence-electron chi connectivity index (χ4n) is 1.72. The molecule has 0 saturated carbocycles. The summed E-state index contributed by atoms with van der Waals surface area (Å²) in [5.41, 5.74) is 8.59. The second-order valence-electron chi connectivity index (χ2n) is 3.93. The monoisotopic (exact) mass is 242 g/mol. The number of urea groups is 1. The second kappa shape index (κ2) is 5.33. The van der Waals surface area contributed by atoms with E-state index >= 15 is 0 Å². The van der Waals surface area contributed by atoms with E-state index in [4.69, 9.17) is 10.8 Å². The third-order valence-electron chi connectivity index (χ3n) is 2.60. The largest absolute Gasteiger partial charge is 0.392 e. The van der Waals surface area contributed by atoms with Crippen LogP contribution in [0, 0.1) is 0 Å². The molecule has 0 radical (unpaired) electrons. The summed E-state index contributed by atoms with van der Waals surface area (Å²) in [5, 5.41) is 11.5. The molecule has 0 spiro atoms. The molecule has 4 heteroatoms. The average molecular weight is 242 g/mol. The fourth-order valence-corrected chi connectivity index (χ4v) is 1.72. The third kappa shape index (κ3) is 2.87. The van der Waals surface area contributed by atoms with Crippen LogP contribution in [0.5, 0.6) is 0 Å². The summed E-state index contributed by atoms with van der Waals surface area (Å²) in [6.45, 7) is 0.0313. The van der Waals surface area contributed by atoms with Gasteiger partial charge in [0.05, 0.1) is 6.61 Å². The molecule has 4 nitrogen and oxygen atoms in total. The lowest BCUT2D eigenvalue weighted by atomic mass is 10.0. The molecular weight excluding hydrogens is 228 g/mol. The standard InChI is InChI=1S/C14H14N2O2/c15-14(18)16-13-3-1-2-12(8-13)11-6-4-10(9-17)5-7-11/h1-8,17H,9H2,(H3,15,16,18). The van der Waals surface area contributed by atoms with Gasteiger partial charge in [-0.2, -0.15) is 0 Å². The van der Waals surface area contributed by atoms with Crippen LogP contribution in [-0.4, -0.2) is 11.1 Å². The normalized spacial score (nSPS) is 10.1. The first kappa shape index (κ1) is 12.1. The molecule has 0 aromatic heterocycles. The van der Waals surface area contributed by atoms with Crippen molar-refractivity contribution in [2.75, 3.05) is 5.32 Å². The topological polar surface area (TPSA) is 75.4 Å². The summed E-state index contributed by atoms with van der Waals surface area (Å²) < 4.78 is 0. The van der Waals surface area contributed by atoms with Crippen molar-refractivity contribution in [3.05, 3.63) is 54.1 Å². The highest BCUT2D eigenvalue weighted by molar-refractivity contribution is 5.88. The Morgan fingerprint density at radius 2 is 1.83 bits per heavy atom. The summed E-state index contributed by atoms with van der Waals surface area (Å²) in [6.07, 6.45) is 0. The van der Waals surface area contributed by atoms with Crippen molar-refractivity contribution in [2.24, 2.45) is 5.73 Å². The molecule has 0 aliphatic heterocycles.